The van der Waals surface area contributed by atoms with Gasteiger partial charge in [0.1, 0.15) is 11.6 Å². The second kappa shape index (κ2) is 7.67. The maximum absolute atomic E-state index is 14.3. The number of amides is 2. The summed E-state index contributed by atoms with van der Waals surface area (Å²) >= 11 is 0. The molecule has 1 N–H and O–H groups in total. The van der Waals surface area contributed by atoms with Crippen molar-refractivity contribution in [2.24, 2.45) is 0 Å². The third-order valence-corrected chi connectivity index (χ3v) is 3.97. The van der Waals surface area contributed by atoms with Gasteiger partial charge >= 0.3 is 16.6 Å². The van der Waals surface area contributed by atoms with Gasteiger partial charge in [-0.1, -0.05) is 9.95 Å². The van der Waals surface area contributed by atoms with E-state index in [1.165, 1.54) is 11.0 Å². The lowest BCUT2D eigenvalue weighted by molar-refractivity contribution is -0.120. The first-order valence-corrected chi connectivity index (χ1v) is 9.41. The van der Waals surface area contributed by atoms with Gasteiger partial charge in [-0.3, -0.25) is 9.69 Å². The molecule has 8 nitrogen and oxygen atoms in total. The van der Waals surface area contributed by atoms with Crippen LogP contribution in [0.15, 0.2) is 18.2 Å². The minimum atomic E-state index is -5.42. The standard InChI is InChI=1S/C16H20F2N2O6S/c1-16(2,3)25-15(22)20-9-5-7-11(20)14(21)19-10-6-4-8-12(13(10)17)26-27(18,23)24/h4,6,8,11H,5,7,9H2,1-3H3,(H,19,21)/t11-/m0/s1. The molecule has 1 fully saturated rings. The maximum Gasteiger partial charge on any atom is 0.488 e. The molecule has 1 aliphatic heterocycles. The smallest absolute Gasteiger partial charge is 0.444 e. The molecule has 150 valence electrons. The van der Waals surface area contributed by atoms with Crippen molar-refractivity contribution in [1.29, 1.82) is 0 Å². The zero-order valence-corrected chi connectivity index (χ0v) is 15.8. The fraction of sp³-hybridized carbons (Fsp3) is 0.500. The van der Waals surface area contributed by atoms with E-state index in [0.717, 1.165) is 12.1 Å². The summed E-state index contributed by atoms with van der Waals surface area (Å²) in [6, 6.07) is 2.34. The Morgan fingerprint density at radius 1 is 1.30 bits per heavy atom. The molecule has 1 atom stereocenters. The first kappa shape index (κ1) is 20.9. The van der Waals surface area contributed by atoms with E-state index in [-0.39, 0.29) is 0 Å². The largest absolute Gasteiger partial charge is 0.488 e. The molecule has 27 heavy (non-hydrogen) atoms. The maximum atomic E-state index is 14.3. The molecule has 0 unspecified atom stereocenters. The number of anilines is 1. The number of carbonyl (C=O) groups is 2. The zero-order valence-electron chi connectivity index (χ0n) is 15.0. The molecule has 1 aliphatic rings. The Balaban J connectivity index is 2.15. The van der Waals surface area contributed by atoms with Crippen LogP contribution in [0, 0.1) is 5.82 Å². The van der Waals surface area contributed by atoms with E-state index in [0.29, 0.717) is 19.4 Å². The van der Waals surface area contributed by atoms with E-state index in [1.807, 2.05) is 0 Å². The lowest BCUT2D eigenvalue weighted by atomic mass is 10.2. The fourth-order valence-corrected chi connectivity index (χ4v) is 2.92. The average molecular weight is 406 g/mol. The summed E-state index contributed by atoms with van der Waals surface area (Å²) in [5, 5.41) is 2.27. The predicted molar refractivity (Wildman–Crippen MR) is 91.6 cm³/mol. The Hall–Kier alpha value is -2.43. The average Bonchev–Trinajstić information content (AvgIpc) is 2.98. The monoisotopic (exact) mass is 406 g/mol. The molecule has 1 aromatic carbocycles. The zero-order chi connectivity index (χ0) is 20.4. The molecule has 1 saturated heterocycles. The summed E-state index contributed by atoms with van der Waals surface area (Å²) in [4.78, 5) is 26.0. The second-order valence-electron chi connectivity index (χ2n) is 6.92. The van der Waals surface area contributed by atoms with Crippen molar-refractivity contribution in [2.45, 2.75) is 45.3 Å². The van der Waals surface area contributed by atoms with E-state index in [2.05, 4.69) is 9.50 Å². The number of likely N-dealkylation sites (tertiary alicyclic amines) is 1. The van der Waals surface area contributed by atoms with Gasteiger partial charge in [0.05, 0.1) is 5.69 Å². The fourth-order valence-electron chi connectivity index (χ4n) is 2.57. The molecule has 11 heteroatoms. The van der Waals surface area contributed by atoms with Gasteiger partial charge in [-0.15, -0.1) is 0 Å². The number of hydrogen-bond donors (Lipinski definition) is 1. The van der Waals surface area contributed by atoms with Crippen LogP contribution in [0.4, 0.5) is 18.8 Å². The number of benzene rings is 1. The molecule has 1 aromatic rings. The Morgan fingerprint density at radius 2 is 1.96 bits per heavy atom. The summed E-state index contributed by atoms with van der Waals surface area (Å²) in [5.74, 6) is -2.84. The van der Waals surface area contributed by atoms with Crippen molar-refractivity contribution in [2.75, 3.05) is 11.9 Å². The normalized spacial score (nSPS) is 17.5. The molecule has 0 aliphatic carbocycles. The first-order chi connectivity index (χ1) is 12.4. The Labute approximate surface area is 155 Å². The van der Waals surface area contributed by atoms with Crippen LogP contribution in [0.2, 0.25) is 0 Å². The summed E-state index contributed by atoms with van der Waals surface area (Å²) < 4.78 is 57.1. The lowest BCUT2D eigenvalue weighted by Gasteiger charge is -2.28. The van der Waals surface area contributed by atoms with Crippen molar-refractivity contribution in [1.82, 2.24) is 4.90 Å². The van der Waals surface area contributed by atoms with Crippen LogP contribution < -0.4 is 9.50 Å². The number of rotatable bonds is 4. The van der Waals surface area contributed by atoms with Crippen LogP contribution in [0.5, 0.6) is 5.75 Å². The summed E-state index contributed by atoms with van der Waals surface area (Å²) in [6.07, 6.45) is 0.242. The predicted octanol–water partition coefficient (Wildman–Crippen LogP) is 2.76. The molecule has 0 saturated carbocycles. The van der Waals surface area contributed by atoms with Gasteiger partial charge in [-0.05, 0) is 45.7 Å². The van der Waals surface area contributed by atoms with Gasteiger partial charge in [0.2, 0.25) is 5.91 Å². The highest BCUT2D eigenvalue weighted by atomic mass is 32.3. The van der Waals surface area contributed by atoms with E-state index in [9.17, 15) is 26.3 Å². The molecular weight excluding hydrogens is 386 g/mol. The van der Waals surface area contributed by atoms with Crippen LogP contribution in [0.3, 0.4) is 0 Å². The summed E-state index contributed by atoms with van der Waals surface area (Å²) in [7, 11) is -5.42. The number of nitrogens with zero attached hydrogens (tertiary/aromatic N) is 1. The molecular formula is C16H20F2N2O6S. The quantitative estimate of drug-likeness (QED) is 0.772. The van der Waals surface area contributed by atoms with Gasteiger partial charge < -0.3 is 14.2 Å². The highest BCUT2D eigenvalue weighted by Crippen LogP contribution is 2.27. The Kier molecular flexibility index (Phi) is 5.93. The second-order valence-corrected chi connectivity index (χ2v) is 7.87. The van der Waals surface area contributed by atoms with E-state index >= 15 is 0 Å². The molecule has 0 bridgehead atoms. The van der Waals surface area contributed by atoms with Gasteiger partial charge in [0, 0.05) is 6.54 Å². The number of hydrogen-bond acceptors (Lipinski definition) is 6. The highest BCUT2D eigenvalue weighted by Gasteiger charge is 2.37. The molecule has 0 spiro atoms. The van der Waals surface area contributed by atoms with E-state index < -0.39 is 51.4 Å². The lowest BCUT2D eigenvalue weighted by Crippen LogP contribution is -2.45. The van der Waals surface area contributed by atoms with Crippen molar-refractivity contribution in [3.8, 4) is 5.75 Å². The molecule has 1 heterocycles. The minimum Gasteiger partial charge on any atom is -0.444 e. The van der Waals surface area contributed by atoms with Crippen LogP contribution in [-0.4, -0.2) is 43.5 Å². The Bertz CT molecular complexity index is 838. The molecule has 0 aromatic heterocycles. The number of ether oxygens (including phenoxy) is 1. The van der Waals surface area contributed by atoms with Crippen molar-refractivity contribution in [3.63, 3.8) is 0 Å². The van der Waals surface area contributed by atoms with Crippen LogP contribution in [0.25, 0.3) is 0 Å². The van der Waals surface area contributed by atoms with Gasteiger partial charge in [-0.2, -0.15) is 8.42 Å². The number of halogens is 2. The van der Waals surface area contributed by atoms with Crippen LogP contribution in [0.1, 0.15) is 33.6 Å². The highest BCUT2D eigenvalue weighted by molar-refractivity contribution is 7.81. The molecule has 2 amide bonds. The van der Waals surface area contributed by atoms with Crippen LogP contribution >= 0.6 is 0 Å². The summed E-state index contributed by atoms with van der Waals surface area (Å²) in [5.41, 5.74) is -1.15. The summed E-state index contributed by atoms with van der Waals surface area (Å²) in [6.45, 7) is 5.38. The number of nitrogens with one attached hydrogen (secondary N) is 1. The Morgan fingerprint density at radius 3 is 2.56 bits per heavy atom. The van der Waals surface area contributed by atoms with Crippen LogP contribution in [-0.2, 0) is 20.0 Å². The first-order valence-electron chi connectivity index (χ1n) is 8.10. The topological polar surface area (TPSA) is 102 Å². The molecule has 2 rings (SSSR count). The molecule has 0 radical (unpaired) electrons. The van der Waals surface area contributed by atoms with Crippen molar-refractivity contribution in [3.05, 3.63) is 24.0 Å². The van der Waals surface area contributed by atoms with Gasteiger partial charge in [-0.25, -0.2) is 9.18 Å². The van der Waals surface area contributed by atoms with E-state index in [1.54, 1.807) is 20.8 Å². The van der Waals surface area contributed by atoms with Crippen molar-refractivity contribution < 1.29 is 35.2 Å². The third-order valence-electron chi connectivity index (χ3n) is 3.59. The third kappa shape index (κ3) is 5.78. The van der Waals surface area contributed by atoms with Gasteiger partial charge in [0.15, 0.2) is 11.6 Å². The van der Waals surface area contributed by atoms with Gasteiger partial charge in [0.25, 0.3) is 0 Å². The van der Waals surface area contributed by atoms with E-state index in [4.69, 9.17) is 4.74 Å². The minimum absolute atomic E-state index is 0.304. The number of carbonyl (C=O) groups excluding carboxylic acids is 2. The van der Waals surface area contributed by atoms with Crippen molar-refractivity contribution >= 4 is 28.2 Å². The SMILES string of the molecule is CC(C)(C)OC(=O)N1CCC[C@H]1C(=O)Nc1cccc(OS(=O)(=O)F)c1F.